The van der Waals surface area contributed by atoms with Crippen molar-refractivity contribution in [3.05, 3.63) is 0 Å². The van der Waals surface area contributed by atoms with Crippen molar-refractivity contribution >= 4 is 57.4 Å². The van der Waals surface area contributed by atoms with E-state index in [1.807, 2.05) is 0 Å². The van der Waals surface area contributed by atoms with Crippen molar-refractivity contribution in [2.75, 3.05) is 13.2 Å². The first-order chi connectivity index (χ1) is 3.27. The van der Waals surface area contributed by atoms with E-state index < -0.39 is 0 Å². The van der Waals surface area contributed by atoms with Gasteiger partial charge in [0.05, 0.1) is 6.61 Å². The Kier molecular flexibility index (Phi) is 11.9. The van der Waals surface area contributed by atoms with Crippen molar-refractivity contribution in [3.8, 4) is 0 Å². The first-order valence-corrected chi connectivity index (χ1v) is 2.01. The molecule has 1 N–H and O–H groups in total. The van der Waals surface area contributed by atoms with Gasteiger partial charge in [0.2, 0.25) is 0 Å². The van der Waals surface area contributed by atoms with Crippen molar-refractivity contribution < 1.29 is 14.6 Å². The molecule has 0 heterocycles. The van der Waals surface area contributed by atoms with Gasteiger partial charge in [-0.3, -0.25) is 4.79 Å². The van der Waals surface area contributed by atoms with Gasteiger partial charge in [-0.1, -0.05) is 0 Å². The molecule has 0 saturated heterocycles. The third-order valence-corrected chi connectivity index (χ3v) is 0.397. The van der Waals surface area contributed by atoms with E-state index in [2.05, 4.69) is 4.74 Å². The average molecular weight is 144 g/mol. The predicted molar refractivity (Wildman–Crippen MR) is 30.9 cm³/mol. The Morgan fingerprint density at radius 2 is 2.25 bits per heavy atom. The number of hydrogen-bond acceptors (Lipinski definition) is 3. The Labute approximate surface area is 90.8 Å². The molecule has 0 bridgehead atoms. The molecule has 0 unspecified atom stereocenters. The zero-order valence-electron chi connectivity index (χ0n) is 4.18. The van der Waals surface area contributed by atoms with Crippen LogP contribution in [0.15, 0.2) is 0 Å². The molecule has 0 atom stereocenters. The summed E-state index contributed by atoms with van der Waals surface area (Å²) in [6.45, 7) is 1.31. The fraction of sp³-hybridized carbons (Fsp3) is 0.750. The van der Waals surface area contributed by atoms with E-state index in [1.54, 1.807) is 0 Å². The predicted octanol–water partition coefficient (Wildman–Crippen LogP) is -1.11. The van der Waals surface area contributed by atoms with Crippen LogP contribution in [0.25, 0.3) is 0 Å². The Morgan fingerprint density at radius 1 is 1.75 bits per heavy atom. The van der Waals surface area contributed by atoms with Crippen LogP contribution in [-0.2, 0) is 9.53 Å². The van der Waals surface area contributed by atoms with E-state index in [1.165, 1.54) is 6.92 Å². The van der Waals surface area contributed by atoms with Crippen molar-refractivity contribution in [1.29, 1.82) is 0 Å². The first kappa shape index (κ1) is 11.8. The standard InChI is InChI=1S/C4H8O3.K.H/c1-4(6)7-3-2-5;;/h5H,2-3H2,1H3;;. The summed E-state index contributed by atoms with van der Waals surface area (Å²) in [5, 5.41) is 8.04. The fourth-order valence-corrected chi connectivity index (χ4v) is 0.189. The number of carbonyl (C=O) groups excluding carboxylic acids is 1. The minimum atomic E-state index is -0.353. The normalized spacial score (nSPS) is 7.25. The average Bonchev–Trinajstić information content (AvgIpc) is 1.61. The minimum absolute atomic E-state index is 0. The second-order valence-electron chi connectivity index (χ2n) is 1.06. The number of ether oxygens (including phenoxy) is 1. The second-order valence-corrected chi connectivity index (χ2v) is 1.06. The van der Waals surface area contributed by atoms with Crippen LogP contribution >= 0.6 is 0 Å². The maximum atomic E-state index is 9.87. The number of aliphatic hydroxyl groups is 1. The third-order valence-electron chi connectivity index (χ3n) is 0.397. The zero-order chi connectivity index (χ0) is 5.70. The van der Waals surface area contributed by atoms with Crippen molar-refractivity contribution in [2.24, 2.45) is 0 Å². The summed E-state index contributed by atoms with van der Waals surface area (Å²) in [4.78, 5) is 9.87. The molecule has 0 aromatic heterocycles. The third kappa shape index (κ3) is 10.1. The van der Waals surface area contributed by atoms with Crippen LogP contribution in [0.3, 0.4) is 0 Å². The number of hydrogen-bond donors (Lipinski definition) is 1. The number of esters is 1. The van der Waals surface area contributed by atoms with Crippen LogP contribution < -0.4 is 0 Å². The molecular weight excluding hydrogens is 135 g/mol. The van der Waals surface area contributed by atoms with Gasteiger partial charge in [-0.05, 0) is 0 Å². The van der Waals surface area contributed by atoms with Crippen LogP contribution in [-0.4, -0.2) is 75.7 Å². The zero-order valence-corrected chi connectivity index (χ0v) is 4.18. The van der Waals surface area contributed by atoms with Gasteiger partial charge >= 0.3 is 57.4 Å². The van der Waals surface area contributed by atoms with Gasteiger partial charge in [0.15, 0.2) is 0 Å². The molecule has 0 aliphatic rings. The molecule has 0 spiro atoms. The SMILES string of the molecule is CC(=O)OCCO.[KH]. The second kappa shape index (κ2) is 8.07. The van der Waals surface area contributed by atoms with Gasteiger partial charge < -0.3 is 9.84 Å². The molecule has 0 aromatic rings. The van der Waals surface area contributed by atoms with Gasteiger partial charge in [0.25, 0.3) is 0 Å². The van der Waals surface area contributed by atoms with E-state index in [9.17, 15) is 4.79 Å². The summed E-state index contributed by atoms with van der Waals surface area (Å²) in [6.07, 6.45) is 0. The molecular formula is C4H9KO3. The van der Waals surface area contributed by atoms with Gasteiger partial charge in [0.1, 0.15) is 6.61 Å². The van der Waals surface area contributed by atoms with Crippen molar-refractivity contribution in [3.63, 3.8) is 0 Å². The molecule has 0 saturated carbocycles. The van der Waals surface area contributed by atoms with Gasteiger partial charge in [0, 0.05) is 6.92 Å². The van der Waals surface area contributed by atoms with E-state index in [-0.39, 0.29) is 70.6 Å². The fourth-order valence-electron chi connectivity index (χ4n) is 0.189. The number of carbonyl (C=O) groups is 1. The van der Waals surface area contributed by atoms with E-state index in [4.69, 9.17) is 5.11 Å². The quantitative estimate of drug-likeness (QED) is 0.395. The Bertz CT molecular complexity index is 64.3. The van der Waals surface area contributed by atoms with Crippen LogP contribution in [0.5, 0.6) is 0 Å². The molecule has 0 radical (unpaired) electrons. The molecule has 44 valence electrons. The van der Waals surface area contributed by atoms with Gasteiger partial charge in [-0.15, -0.1) is 0 Å². The summed E-state index contributed by atoms with van der Waals surface area (Å²) < 4.78 is 4.30. The molecule has 3 nitrogen and oxygen atoms in total. The maximum absolute atomic E-state index is 9.87. The molecule has 0 fully saturated rings. The Hall–Kier alpha value is 1.07. The molecule has 0 aromatic carbocycles. The van der Waals surface area contributed by atoms with Crippen LogP contribution in [0, 0.1) is 0 Å². The van der Waals surface area contributed by atoms with Crippen LogP contribution in [0.2, 0.25) is 0 Å². The van der Waals surface area contributed by atoms with Crippen LogP contribution in [0.1, 0.15) is 6.92 Å². The monoisotopic (exact) mass is 144 g/mol. The van der Waals surface area contributed by atoms with Gasteiger partial charge in [-0.2, -0.15) is 0 Å². The summed E-state index contributed by atoms with van der Waals surface area (Å²) >= 11 is 0. The molecule has 0 rings (SSSR count). The Morgan fingerprint density at radius 3 is 2.38 bits per heavy atom. The number of rotatable bonds is 2. The first-order valence-electron chi connectivity index (χ1n) is 2.01. The summed E-state index contributed by atoms with van der Waals surface area (Å²) in [6, 6.07) is 0. The van der Waals surface area contributed by atoms with E-state index in [0.29, 0.717) is 0 Å². The molecule has 4 heteroatoms. The van der Waals surface area contributed by atoms with E-state index in [0.717, 1.165) is 0 Å². The molecule has 0 aliphatic heterocycles. The topological polar surface area (TPSA) is 46.5 Å². The Balaban J connectivity index is 0. The summed E-state index contributed by atoms with van der Waals surface area (Å²) in [7, 11) is 0. The van der Waals surface area contributed by atoms with E-state index >= 15 is 0 Å². The van der Waals surface area contributed by atoms with Crippen LogP contribution in [0.4, 0.5) is 0 Å². The molecule has 8 heavy (non-hydrogen) atoms. The van der Waals surface area contributed by atoms with Gasteiger partial charge in [-0.25, -0.2) is 0 Å². The van der Waals surface area contributed by atoms with Crippen molar-refractivity contribution in [1.82, 2.24) is 0 Å². The van der Waals surface area contributed by atoms with Crippen molar-refractivity contribution in [2.45, 2.75) is 6.92 Å². The number of aliphatic hydroxyl groups excluding tert-OH is 1. The summed E-state index contributed by atoms with van der Waals surface area (Å²) in [5.74, 6) is -0.353. The molecule has 0 aliphatic carbocycles. The summed E-state index contributed by atoms with van der Waals surface area (Å²) in [5.41, 5.74) is 0. The molecule has 0 amide bonds.